The quantitative estimate of drug-likeness (QED) is 0.655. The maximum Gasteiger partial charge on any atom is 0.490 e. The maximum absolute atomic E-state index is 12.9. The number of rotatable bonds is 3. The van der Waals surface area contributed by atoms with E-state index in [1.54, 1.807) is 12.1 Å². The van der Waals surface area contributed by atoms with Gasteiger partial charge in [-0.2, -0.15) is 17.6 Å². The van der Waals surface area contributed by atoms with E-state index in [0.717, 1.165) is 13.0 Å². The number of hydrogen-bond acceptors (Lipinski definition) is 4. The molecule has 1 fully saturated rings. The minimum atomic E-state index is -5.08. The molecule has 0 aliphatic carbocycles. The molecule has 0 amide bonds. The number of hydrogen-bond donors (Lipinski definition) is 2. The molecule has 0 unspecified atom stereocenters. The number of carbonyl (C=O) groups is 1. The van der Waals surface area contributed by atoms with Crippen LogP contribution in [0.1, 0.15) is 6.42 Å². The summed E-state index contributed by atoms with van der Waals surface area (Å²) in [7, 11) is 0. The Hall–Kier alpha value is -1.90. The molecule has 1 aliphatic heterocycles. The number of halogens is 4. The van der Waals surface area contributed by atoms with E-state index in [1.165, 1.54) is 6.20 Å². The second kappa shape index (κ2) is 7.04. The van der Waals surface area contributed by atoms with Crippen LogP contribution in [-0.4, -0.2) is 41.4 Å². The van der Waals surface area contributed by atoms with Crippen molar-refractivity contribution < 1.29 is 32.2 Å². The topological polar surface area (TPSA) is 71.5 Å². The van der Waals surface area contributed by atoms with Crippen molar-refractivity contribution in [1.29, 1.82) is 0 Å². The van der Waals surface area contributed by atoms with Gasteiger partial charge >= 0.3 is 12.1 Å². The summed E-state index contributed by atoms with van der Waals surface area (Å²) in [6.45, 7) is 1.55. The molecule has 1 saturated heterocycles. The summed E-state index contributed by atoms with van der Waals surface area (Å²) in [6, 6.07) is 3.62. The molecule has 5 nitrogen and oxygen atoms in total. The largest absolute Gasteiger partial charge is 0.490 e. The number of aliphatic carboxylic acids is 1. The molecule has 0 spiro atoms. The molecule has 1 atom stereocenters. The number of aromatic nitrogens is 1. The third-order valence-corrected chi connectivity index (χ3v) is 2.33. The minimum absolute atomic E-state index is 0.233. The predicted octanol–water partition coefficient (Wildman–Crippen LogP) is 1.59. The van der Waals surface area contributed by atoms with Gasteiger partial charge in [0.25, 0.3) is 5.95 Å². The van der Waals surface area contributed by atoms with Crippen LogP contribution in [0.5, 0.6) is 5.75 Å². The summed E-state index contributed by atoms with van der Waals surface area (Å²) < 4.78 is 49.9. The molecule has 1 aromatic rings. The summed E-state index contributed by atoms with van der Waals surface area (Å²) >= 11 is 0. The molecule has 2 N–H and O–H groups in total. The molecule has 0 saturated carbocycles. The third-order valence-electron chi connectivity index (χ3n) is 2.33. The second-order valence-electron chi connectivity index (χ2n) is 3.85. The first-order valence-electron chi connectivity index (χ1n) is 5.57. The van der Waals surface area contributed by atoms with Gasteiger partial charge in [-0.3, -0.25) is 0 Å². The van der Waals surface area contributed by atoms with E-state index in [-0.39, 0.29) is 5.75 Å². The molecular formula is C11H12F4N2O3. The van der Waals surface area contributed by atoms with Crippen molar-refractivity contribution in [2.45, 2.75) is 18.6 Å². The van der Waals surface area contributed by atoms with Crippen LogP contribution in [0.2, 0.25) is 0 Å². The van der Waals surface area contributed by atoms with Crippen molar-refractivity contribution in [1.82, 2.24) is 10.3 Å². The molecule has 1 aromatic heterocycles. The van der Waals surface area contributed by atoms with Gasteiger partial charge in [-0.25, -0.2) is 9.78 Å². The first-order valence-corrected chi connectivity index (χ1v) is 5.57. The van der Waals surface area contributed by atoms with E-state index < -0.39 is 18.1 Å². The maximum atomic E-state index is 12.9. The van der Waals surface area contributed by atoms with Crippen LogP contribution in [0.25, 0.3) is 0 Å². The van der Waals surface area contributed by atoms with Crippen LogP contribution in [0.3, 0.4) is 0 Å². The smallest absolute Gasteiger partial charge is 0.487 e. The molecule has 0 bridgehead atoms. The van der Waals surface area contributed by atoms with Crippen LogP contribution in [-0.2, 0) is 4.79 Å². The van der Waals surface area contributed by atoms with E-state index >= 15 is 0 Å². The Morgan fingerprint density at radius 3 is 2.55 bits per heavy atom. The zero-order valence-electron chi connectivity index (χ0n) is 10.2. The zero-order valence-corrected chi connectivity index (χ0v) is 10.2. The molecule has 2 heterocycles. The average molecular weight is 296 g/mol. The Bertz CT molecular complexity index is 450. The van der Waals surface area contributed by atoms with Crippen molar-refractivity contribution in [3.63, 3.8) is 0 Å². The van der Waals surface area contributed by atoms with Gasteiger partial charge in [-0.1, -0.05) is 0 Å². The fourth-order valence-corrected chi connectivity index (χ4v) is 1.16. The average Bonchev–Trinajstić information content (AvgIpc) is 2.29. The lowest BCUT2D eigenvalue weighted by molar-refractivity contribution is -0.192. The highest BCUT2D eigenvalue weighted by Crippen LogP contribution is 2.14. The molecule has 0 aromatic carbocycles. The van der Waals surface area contributed by atoms with Crippen molar-refractivity contribution >= 4 is 5.97 Å². The van der Waals surface area contributed by atoms with E-state index in [2.05, 4.69) is 10.3 Å². The number of ether oxygens (including phenoxy) is 1. The standard InChI is InChI=1S/C9H11FN2O.C2HF3O2/c10-9-8(2-1-4-12-9)13-6-7-3-5-11-7;3-2(4,5)1(6)7/h1-2,4,7,11H,3,5-6H2;(H,6,7)/t7-;/m0./s1. The van der Waals surface area contributed by atoms with Gasteiger partial charge in [0.1, 0.15) is 6.61 Å². The minimum Gasteiger partial charge on any atom is -0.487 e. The van der Waals surface area contributed by atoms with Crippen LogP contribution < -0.4 is 10.1 Å². The van der Waals surface area contributed by atoms with Gasteiger partial charge in [0.15, 0.2) is 5.75 Å². The normalized spacial score (nSPS) is 17.5. The number of pyridine rings is 1. The molecule has 20 heavy (non-hydrogen) atoms. The van der Waals surface area contributed by atoms with Crippen LogP contribution in [0.4, 0.5) is 17.6 Å². The van der Waals surface area contributed by atoms with Crippen molar-refractivity contribution in [3.8, 4) is 5.75 Å². The fraction of sp³-hybridized carbons (Fsp3) is 0.455. The molecule has 2 rings (SSSR count). The van der Waals surface area contributed by atoms with Crippen molar-refractivity contribution in [2.24, 2.45) is 0 Å². The Balaban J connectivity index is 0.000000246. The summed E-state index contributed by atoms with van der Waals surface area (Å²) in [4.78, 5) is 12.4. The summed E-state index contributed by atoms with van der Waals surface area (Å²) in [5.74, 6) is -3.06. The van der Waals surface area contributed by atoms with Crippen LogP contribution in [0, 0.1) is 5.95 Å². The highest BCUT2D eigenvalue weighted by atomic mass is 19.4. The highest BCUT2D eigenvalue weighted by molar-refractivity contribution is 5.73. The molecule has 112 valence electrons. The first kappa shape index (κ1) is 16.2. The van der Waals surface area contributed by atoms with Gasteiger partial charge in [0, 0.05) is 12.2 Å². The zero-order chi connectivity index (χ0) is 15.2. The van der Waals surface area contributed by atoms with E-state index in [4.69, 9.17) is 14.6 Å². The summed E-state index contributed by atoms with van der Waals surface area (Å²) in [5, 5.41) is 10.3. The van der Waals surface area contributed by atoms with Crippen molar-refractivity contribution in [2.75, 3.05) is 13.2 Å². The summed E-state index contributed by atoms with van der Waals surface area (Å²) in [5.41, 5.74) is 0. The fourth-order valence-electron chi connectivity index (χ4n) is 1.16. The number of carboxylic acid groups (broad SMARTS) is 1. The number of carboxylic acids is 1. The Morgan fingerprint density at radius 1 is 1.55 bits per heavy atom. The van der Waals surface area contributed by atoms with Crippen LogP contribution >= 0.6 is 0 Å². The number of nitrogens with zero attached hydrogens (tertiary/aromatic N) is 1. The van der Waals surface area contributed by atoms with E-state index in [9.17, 15) is 17.6 Å². The highest BCUT2D eigenvalue weighted by Gasteiger charge is 2.38. The lowest BCUT2D eigenvalue weighted by atomic mass is 10.1. The van der Waals surface area contributed by atoms with Gasteiger partial charge in [-0.05, 0) is 25.1 Å². The van der Waals surface area contributed by atoms with Gasteiger partial charge in [0.05, 0.1) is 0 Å². The van der Waals surface area contributed by atoms with Gasteiger partial charge in [0.2, 0.25) is 0 Å². The Kier molecular flexibility index (Phi) is 5.68. The lowest BCUT2D eigenvalue weighted by Gasteiger charge is -2.27. The molecular weight excluding hydrogens is 284 g/mol. The number of nitrogens with one attached hydrogen (secondary N) is 1. The van der Waals surface area contributed by atoms with Gasteiger partial charge in [-0.15, -0.1) is 0 Å². The molecule has 9 heteroatoms. The Labute approximate surface area is 111 Å². The number of alkyl halides is 3. The van der Waals surface area contributed by atoms with E-state index in [0.29, 0.717) is 12.6 Å². The first-order chi connectivity index (χ1) is 9.30. The monoisotopic (exact) mass is 296 g/mol. The molecule has 0 radical (unpaired) electrons. The van der Waals surface area contributed by atoms with Gasteiger partial charge < -0.3 is 15.2 Å². The van der Waals surface area contributed by atoms with E-state index in [1.807, 2.05) is 0 Å². The third kappa shape index (κ3) is 5.39. The second-order valence-corrected chi connectivity index (χ2v) is 3.85. The van der Waals surface area contributed by atoms with Crippen molar-refractivity contribution in [3.05, 3.63) is 24.3 Å². The van der Waals surface area contributed by atoms with Crippen LogP contribution in [0.15, 0.2) is 18.3 Å². The lowest BCUT2D eigenvalue weighted by Crippen LogP contribution is -2.46. The SMILES string of the molecule is Fc1ncccc1OC[C@@H]1CCN1.O=C(O)C(F)(F)F. The summed E-state index contributed by atoms with van der Waals surface area (Å²) in [6.07, 6.45) is -2.58. The predicted molar refractivity (Wildman–Crippen MR) is 59.8 cm³/mol. The molecule has 1 aliphatic rings. The Morgan fingerprint density at radius 2 is 2.15 bits per heavy atom.